The first-order valence-electron chi connectivity index (χ1n) is 7.45. The van der Waals surface area contributed by atoms with Crippen molar-refractivity contribution in [2.45, 2.75) is 19.6 Å². The van der Waals surface area contributed by atoms with E-state index in [1.807, 2.05) is 38.1 Å². The minimum absolute atomic E-state index is 0.350. The SMILES string of the molecule is Cc1c[nH]c2c1C(c1[nH]c3ccccc3c1C)=CC(N)(O)C2=O. The summed E-state index contributed by atoms with van der Waals surface area (Å²) in [5.41, 5.74) is 9.56. The molecular formula is C18H17N3O2. The highest BCUT2D eigenvalue weighted by molar-refractivity contribution is 6.11. The molecule has 0 saturated heterocycles. The maximum absolute atomic E-state index is 12.3. The van der Waals surface area contributed by atoms with Crippen LogP contribution in [-0.2, 0) is 0 Å². The summed E-state index contributed by atoms with van der Waals surface area (Å²) in [5, 5.41) is 11.4. The largest absolute Gasteiger partial charge is 0.366 e. The third kappa shape index (κ3) is 1.84. The lowest BCUT2D eigenvalue weighted by atomic mass is 9.86. The number of aromatic amines is 2. The molecule has 0 aliphatic heterocycles. The number of carbonyl (C=O) groups excluding carboxylic acids is 1. The van der Waals surface area contributed by atoms with Crippen LogP contribution in [0.5, 0.6) is 0 Å². The Bertz CT molecular complexity index is 989. The molecule has 0 radical (unpaired) electrons. The predicted molar refractivity (Wildman–Crippen MR) is 89.1 cm³/mol. The van der Waals surface area contributed by atoms with Crippen molar-refractivity contribution in [1.82, 2.24) is 9.97 Å². The number of aryl methyl sites for hydroxylation is 2. The molecule has 0 amide bonds. The molecule has 5 heteroatoms. The second kappa shape index (κ2) is 4.44. The Labute approximate surface area is 132 Å². The highest BCUT2D eigenvalue weighted by atomic mass is 16.3. The van der Waals surface area contributed by atoms with Gasteiger partial charge in [0, 0.05) is 33.9 Å². The lowest BCUT2D eigenvalue weighted by Crippen LogP contribution is -2.48. The van der Waals surface area contributed by atoms with Crippen molar-refractivity contribution in [2.75, 3.05) is 0 Å². The second-order valence-electron chi connectivity index (χ2n) is 6.10. The maximum Gasteiger partial charge on any atom is 0.230 e. The molecule has 1 aliphatic rings. The summed E-state index contributed by atoms with van der Waals surface area (Å²) >= 11 is 0. The van der Waals surface area contributed by atoms with Crippen molar-refractivity contribution < 1.29 is 9.90 Å². The van der Waals surface area contributed by atoms with E-state index < -0.39 is 11.5 Å². The molecule has 0 saturated carbocycles. The van der Waals surface area contributed by atoms with Crippen LogP contribution in [-0.4, -0.2) is 26.6 Å². The van der Waals surface area contributed by atoms with E-state index in [4.69, 9.17) is 5.73 Å². The molecule has 1 atom stereocenters. The molecule has 2 heterocycles. The fourth-order valence-corrected chi connectivity index (χ4v) is 3.35. The number of H-pyrrole nitrogens is 2. The van der Waals surface area contributed by atoms with E-state index in [1.165, 1.54) is 6.08 Å². The van der Waals surface area contributed by atoms with Crippen molar-refractivity contribution in [3.05, 3.63) is 64.6 Å². The van der Waals surface area contributed by atoms with Crippen LogP contribution < -0.4 is 5.73 Å². The van der Waals surface area contributed by atoms with Gasteiger partial charge in [-0.05, 0) is 37.1 Å². The first-order valence-corrected chi connectivity index (χ1v) is 7.45. The Morgan fingerprint density at radius 1 is 1.17 bits per heavy atom. The van der Waals surface area contributed by atoms with Crippen LogP contribution in [0.15, 0.2) is 36.5 Å². The second-order valence-corrected chi connectivity index (χ2v) is 6.10. The number of Topliss-reactive ketones (excluding diaryl/α,β-unsaturated/α-hetero) is 1. The van der Waals surface area contributed by atoms with E-state index in [0.717, 1.165) is 38.9 Å². The van der Waals surface area contributed by atoms with Crippen LogP contribution in [0, 0.1) is 13.8 Å². The molecule has 5 N–H and O–H groups in total. The number of para-hydroxylation sites is 1. The van der Waals surface area contributed by atoms with Gasteiger partial charge in [-0.1, -0.05) is 18.2 Å². The highest BCUT2D eigenvalue weighted by Crippen LogP contribution is 2.38. The summed E-state index contributed by atoms with van der Waals surface area (Å²) in [5.74, 6) is -0.516. The third-order valence-corrected chi connectivity index (χ3v) is 4.54. The monoisotopic (exact) mass is 307 g/mol. The first-order chi connectivity index (χ1) is 10.9. The molecule has 0 fully saturated rings. The smallest absolute Gasteiger partial charge is 0.230 e. The van der Waals surface area contributed by atoms with E-state index in [9.17, 15) is 9.90 Å². The molecule has 4 rings (SSSR count). The average molecular weight is 307 g/mol. The quantitative estimate of drug-likeness (QED) is 0.520. The van der Waals surface area contributed by atoms with Crippen molar-refractivity contribution in [1.29, 1.82) is 0 Å². The number of hydrogen-bond donors (Lipinski definition) is 4. The molecule has 23 heavy (non-hydrogen) atoms. The van der Waals surface area contributed by atoms with Gasteiger partial charge in [0.15, 0.2) is 5.72 Å². The van der Waals surface area contributed by atoms with Gasteiger partial charge >= 0.3 is 0 Å². The van der Waals surface area contributed by atoms with Crippen molar-refractivity contribution in [3.63, 3.8) is 0 Å². The highest BCUT2D eigenvalue weighted by Gasteiger charge is 2.39. The number of hydrogen-bond acceptors (Lipinski definition) is 3. The van der Waals surface area contributed by atoms with Gasteiger partial charge in [0.2, 0.25) is 5.78 Å². The Balaban J connectivity index is 2.05. The van der Waals surface area contributed by atoms with Crippen molar-refractivity contribution in [3.8, 4) is 0 Å². The minimum Gasteiger partial charge on any atom is -0.366 e. The standard InChI is InChI=1S/C18H17N3O2/c1-9-8-20-16-14(9)12(7-18(19,23)17(16)22)15-10(2)11-5-3-4-6-13(11)21-15/h3-8,20-21,23H,19H2,1-2H3. The molecule has 1 aliphatic carbocycles. The maximum atomic E-state index is 12.3. The molecule has 2 aromatic heterocycles. The molecule has 0 spiro atoms. The van der Waals surface area contributed by atoms with Gasteiger partial charge in [0.25, 0.3) is 0 Å². The van der Waals surface area contributed by atoms with Gasteiger partial charge in [-0.3, -0.25) is 10.5 Å². The number of nitrogens with one attached hydrogen (secondary N) is 2. The van der Waals surface area contributed by atoms with Gasteiger partial charge in [0.05, 0.1) is 5.69 Å². The van der Waals surface area contributed by atoms with Gasteiger partial charge in [-0.2, -0.15) is 0 Å². The normalized spacial score (nSPS) is 20.7. The van der Waals surface area contributed by atoms with Gasteiger partial charge in [-0.25, -0.2) is 0 Å². The summed E-state index contributed by atoms with van der Waals surface area (Å²) in [6, 6.07) is 7.99. The summed E-state index contributed by atoms with van der Waals surface area (Å²) in [7, 11) is 0. The Kier molecular flexibility index (Phi) is 2.70. The van der Waals surface area contributed by atoms with Crippen molar-refractivity contribution in [2.24, 2.45) is 5.73 Å². The first kappa shape index (κ1) is 14.0. The lowest BCUT2D eigenvalue weighted by molar-refractivity contribution is 0.0541. The zero-order chi connectivity index (χ0) is 16.4. The van der Waals surface area contributed by atoms with Gasteiger partial charge in [0.1, 0.15) is 0 Å². The summed E-state index contributed by atoms with van der Waals surface area (Å²) in [4.78, 5) is 18.6. The number of aliphatic hydroxyl groups is 1. The number of ketones is 1. The van der Waals surface area contributed by atoms with E-state index in [0.29, 0.717) is 5.69 Å². The fraction of sp³-hybridized carbons (Fsp3) is 0.167. The summed E-state index contributed by atoms with van der Waals surface area (Å²) in [6.07, 6.45) is 3.20. The molecule has 3 aromatic rings. The number of nitrogens with two attached hydrogens (primary N) is 1. The molecular weight excluding hydrogens is 290 g/mol. The van der Waals surface area contributed by atoms with Crippen LogP contribution in [0.4, 0.5) is 0 Å². The average Bonchev–Trinajstić information content (AvgIpc) is 3.05. The van der Waals surface area contributed by atoms with Crippen LogP contribution in [0.25, 0.3) is 16.5 Å². The molecule has 5 nitrogen and oxygen atoms in total. The third-order valence-electron chi connectivity index (χ3n) is 4.54. The number of fused-ring (bicyclic) bond motifs is 2. The van der Waals surface area contributed by atoms with E-state index in [-0.39, 0.29) is 0 Å². The molecule has 1 aromatic carbocycles. The summed E-state index contributed by atoms with van der Waals surface area (Å²) < 4.78 is 0. The minimum atomic E-state index is -2.01. The van der Waals surface area contributed by atoms with Crippen molar-refractivity contribution >= 4 is 22.3 Å². The number of aromatic nitrogens is 2. The summed E-state index contributed by atoms with van der Waals surface area (Å²) in [6.45, 7) is 3.94. The molecule has 116 valence electrons. The molecule has 1 unspecified atom stereocenters. The van der Waals surface area contributed by atoms with Crippen LogP contribution in [0.3, 0.4) is 0 Å². The van der Waals surface area contributed by atoms with E-state index >= 15 is 0 Å². The zero-order valence-electron chi connectivity index (χ0n) is 12.9. The van der Waals surface area contributed by atoms with Crippen LogP contribution >= 0.6 is 0 Å². The predicted octanol–water partition coefficient (Wildman–Crippen LogP) is 2.39. The van der Waals surface area contributed by atoms with E-state index in [1.54, 1.807) is 6.20 Å². The Morgan fingerprint density at radius 3 is 2.65 bits per heavy atom. The Hall–Kier alpha value is -2.63. The fourth-order valence-electron chi connectivity index (χ4n) is 3.35. The number of carbonyl (C=O) groups is 1. The lowest BCUT2D eigenvalue weighted by Gasteiger charge is -2.25. The topological polar surface area (TPSA) is 94.9 Å². The van der Waals surface area contributed by atoms with Crippen LogP contribution in [0.1, 0.15) is 32.9 Å². The van der Waals surface area contributed by atoms with Crippen LogP contribution in [0.2, 0.25) is 0 Å². The van der Waals surface area contributed by atoms with E-state index in [2.05, 4.69) is 9.97 Å². The Morgan fingerprint density at radius 2 is 1.91 bits per heavy atom. The van der Waals surface area contributed by atoms with Gasteiger partial charge < -0.3 is 15.1 Å². The van der Waals surface area contributed by atoms with Gasteiger partial charge in [-0.15, -0.1) is 0 Å². The number of rotatable bonds is 1. The molecule has 0 bridgehead atoms. The number of benzene rings is 1. The zero-order valence-corrected chi connectivity index (χ0v) is 12.9.